The van der Waals surface area contributed by atoms with Crippen molar-refractivity contribution < 1.29 is 9.53 Å². The molecule has 0 aliphatic carbocycles. The first-order valence-corrected chi connectivity index (χ1v) is 7.02. The summed E-state index contributed by atoms with van der Waals surface area (Å²) in [6, 6.07) is 7.82. The Morgan fingerprint density at radius 3 is 2.75 bits per heavy atom. The molecule has 0 aromatic heterocycles. The van der Waals surface area contributed by atoms with E-state index in [1.54, 1.807) is 0 Å². The van der Waals surface area contributed by atoms with E-state index in [2.05, 4.69) is 17.3 Å². The van der Waals surface area contributed by atoms with Crippen LogP contribution < -0.4 is 11.1 Å². The fourth-order valence-corrected chi connectivity index (χ4v) is 2.26. The lowest BCUT2D eigenvalue weighted by atomic mass is 10.1. The summed E-state index contributed by atoms with van der Waals surface area (Å²) in [5.41, 5.74) is 7.62. The molecule has 0 radical (unpaired) electrons. The van der Waals surface area contributed by atoms with Crippen LogP contribution in [0.3, 0.4) is 0 Å². The molecule has 2 rings (SSSR count). The molecule has 20 heavy (non-hydrogen) atoms. The maximum absolute atomic E-state index is 11.9. The third kappa shape index (κ3) is 4.59. The number of ether oxygens (including phenoxy) is 1. The van der Waals surface area contributed by atoms with Gasteiger partial charge in [-0.15, -0.1) is 0 Å². The summed E-state index contributed by atoms with van der Waals surface area (Å²) in [6.07, 6.45) is 0.491. The molecule has 1 unspecified atom stereocenters. The Hall–Kier alpha value is -1.43. The van der Waals surface area contributed by atoms with Crippen LogP contribution in [-0.2, 0) is 22.5 Å². The van der Waals surface area contributed by atoms with Crippen LogP contribution >= 0.6 is 0 Å². The van der Waals surface area contributed by atoms with Gasteiger partial charge in [-0.1, -0.05) is 24.3 Å². The fraction of sp³-hybridized carbons (Fsp3) is 0.533. The minimum Gasteiger partial charge on any atom is -0.374 e. The van der Waals surface area contributed by atoms with E-state index in [9.17, 15) is 4.79 Å². The molecule has 3 N–H and O–H groups in total. The molecular weight excluding hydrogens is 254 g/mol. The summed E-state index contributed by atoms with van der Waals surface area (Å²) in [5, 5.41) is 2.93. The predicted molar refractivity (Wildman–Crippen MR) is 78.3 cm³/mol. The third-order valence-electron chi connectivity index (χ3n) is 3.49. The number of nitrogens with zero attached hydrogens (tertiary/aromatic N) is 1. The van der Waals surface area contributed by atoms with Crippen LogP contribution in [0, 0.1) is 0 Å². The summed E-state index contributed by atoms with van der Waals surface area (Å²) < 4.78 is 5.61. The number of benzene rings is 1. The average molecular weight is 277 g/mol. The molecule has 5 nitrogen and oxygen atoms in total. The van der Waals surface area contributed by atoms with Crippen LogP contribution in [0.15, 0.2) is 24.3 Å². The van der Waals surface area contributed by atoms with Gasteiger partial charge in [0.05, 0.1) is 19.1 Å². The highest BCUT2D eigenvalue weighted by Gasteiger charge is 2.18. The smallest absolute Gasteiger partial charge is 0.224 e. The van der Waals surface area contributed by atoms with E-state index in [-0.39, 0.29) is 12.0 Å². The first-order valence-electron chi connectivity index (χ1n) is 7.02. The van der Waals surface area contributed by atoms with Crippen molar-refractivity contribution >= 4 is 5.91 Å². The van der Waals surface area contributed by atoms with Crippen molar-refractivity contribution in [1.29, 1.82) is 0 Å². The number of likely N-dealkylation sites (N-methyl/N-ethyl adjacent to an activating group) is 1. The number of amides is 1. The second kappa shape index (κ2) is 7.38. The zero-order chi connectivity index (χ0) is 14.4. The molecule has 1 heterocycles. The second-order valence-corrected chi connectivity index (χ2v) is 5.26. The number of morpholine rings is 1. The summed E-state index contributed by atoms with van der Waals surface area (Å²) in [4.78, 5) is 14.1. The number of nitrogens with one attached hydrogen (secondary N) is 1. The largest absolute Gasteiger partial charge is 0.374 e. The predicted octanol–water partition coefficient (Wildman–Crippen LogP) is 0.135. The Morgan fingerprint density at radius 1 is 1.40 bits per heavy atom. The summed E-state index contributed by atoms with van der Waals surface area (Å²) >= 11 is 0. The highest BCUT2D eigenvalue weighted by Crippen LogP contribution is 2.05. The molecule has 110 valence electrons. The molecule has 1 aromatic rings. The van der Waals surface area contributed by atoms with Crippen molar-refractivity contribution in [1.82, 2.24) is 10.2 Å². The fourth-order valence-electron chi connectivity index (χ4n) is 2.26. The van der Waals surface area contributed by atoms with Gasteiger partial charge in [-0.25, -0.2) is 0 Å². The first kappa shape index (κ1) is 15.0. The van der Waals surface area contributed by atoms with Crippen molar-refractivity contribution in [3.63, 3.8) is 0 Å². The van der Waals surface area contributed by atoms with Crippen molar-refractivity contribution in [2.24, 2.45) is 5.73 Å². The lowest BCUT2D eigenvalue weighted by molar-refractivity contribution is -0.121. The van der Waals surface area contributed by atoms with Gasteiger partial charge < -0.3 is 20.7 Å². The Morgan fingerprint density at radius 2 is 2.10 bits per heavy atom. The molecule has 1 aromatic carbocycles. The van der Waals surface area contributed by atoms with Gasteiger partial charge in [-0.05, 0) is 18.2 Å². The topological polar surface area (TPSA) is 67.6 Å². The molecule has 0 saturated carbocycles. The van der Waals surface area contributed by atoms with Crippen LogP contribution in [0.4, 0.5) is 0 Å². The van der Waals surface area contributed by atoms with Gasteiger partial charge in [0.15, 0.2) is 0 Å². The number of nitrogens with two attached hydrogens (primary N) is 1. The van der Waals surface area contributed by atoms with E-state index in [1.807, 2.05) is 24.3 Å². The molecule has 1 fully saturated rings. The van der Waals surface area contributed by atoms with E-state index in [1.165, 1.54) is 0 Å². The Labute approximate surface area is 120 Å². The standard InChI is InChI=1S/C15H23N3O2/c1-18-6-7-20-14(11-18)10-17-15(19)8-12-2-4-13(9-16)5-3-12/h2-5,14H,6-11,16H2,1H3,(H,17,19). The molecule has 0 spiro atoms. The van der Waals surface area contributed by atoms with Gasteiger partial charge in [0.2, 0.25) is 5.91 Å². The first-order chi connectivity index (χ1) is 9.67. The number of carbonyl (C=O) groups is 1. The van der Waals surface area contributed by atoms with Gasteiger partial charge in [0, 0.05) is 26.2 Å². The number of hydrogen-bond donors (Lipinski definition) is 2. The SMILES string of the molecule is CN1CCOC(CNC(=O)Cc2ccc(CN)cc2)C1. The summed E-state index contributed by atoms with van der Waals surface area (Å²) in [7, 11) is 2.07. The van der Waals surface area contributed by atoms with E-state index in [4.69, 9.17) is 10.5 Å². The van der Waals surface area contributed by atoms with Gasteiger partial charge >= 0.3 is 0 Å². The third-order valence-corrected chi connectivity index (χ3v) is 3.49. The van der Waals surface area contributed by atoms with Crippen LogP contribution in [0.25, 0.3) is 0 Å². The summed E-state index contributed by atoms with van der Waals surface area (Å²) in [6.45, 7) is 3.66. The lowest BCUT2D eigenvalue weighted by Crippen LogP contribution is -2.46. The Balaban J connectivity index is 1.74. The van der Waals surface area contributed by atoms with Crippen LogP contribution in [0.1, 0.15) is 11.1 Å². The Kier molecular flexibility index (Phi) is 5.52. The maximum atomic E-state index is 11.9. The molecular formula is C15H23N3O2. The van der Waals surface area contributed by atoms with Crippen molar-refractivity contribution in [2.45, 2.75) is 19.1 Å². The van der Waals surface area contributed by atoms with Crippen molar-refractivity contribution in [3.05, 3.63) is 35.4 Å². The minimum atomic E-state index is 0.0299. The monoisotopic (exact) mass is 277 g/mol. The van der Waals surface area contributed by atoms with Crippen LogP contribution in [-0.4, -0.2) is 50.2 Å². The highest BCUT2D eigenvalue weighted by atomic mass is 16.5. The molecule has 1 aliphatic heterocycles. The second-order valence-electron chi connectivity index (χ2n) is 5.26. The maximum Gasteiger partial charge on any atom is 0.224 e. The van der Waals surface area contributed by atoms with Crippen LogP contribution in [0.5, 0.6) is 0 Å². The quantitative estimate of drug-likeness (QED) is 0.803. The zero-order valence-corrected chi connectivity index (χ0v) is 12.0. The molecule has 1 saturated heterocycles. The lowest BCUT2D eigenvalue weighted by Gasteiger charge is -2.30. The van der Waals surface area contributed by atoms with E-state index in [0.29, 0.717) is 19.5 Å². The zero-order valence-electron chi connectivity index (χ0n) is 12.0. The van der Waals surface area contributed by atoms with Gasteiger partial charge in [-0.3, -0.25) is 4.79 Å². The molecule has 1 aliphatic rings. The highest BCUT2D eigenvalue weighted by molar-refractivity contribution is 5.78. The molecule has 1 atom stereocenters. The van der Waals surface area contributed by atoms with Gasteiger partial charge in [-0.2, -0.15) is 0 Å². The Bertz CT molecular complexity index is 433. The normalized spacial score (nSPS) is 19.8. The van der Waals surface area contributed by atoms with Crippen molar-refractivity contribution in [3.8, 4) is 0 Å². The molecule has 1 amide bonds. The number of hydrogen-bond acceptors (Lipinski definition) is 4. The average Bonchev–Trinajstić information content (AvgIpc) is 2.46. The van der Waals surface area contributed by atoms with Crippen LogP contribution in [0.2, 0.25) is 0 Å². The van der Waals surface area contributed by atoms with E-state index < -0.39 is 0 Å². The molecule has 0 bridgehead atoms. The van der Waals surface area contributed by atoms with Gasteiger partial charge in [0.1, 0.15) is 0 Å². The minimum absolute atomic E-state index is 0.0299. The van der Waals surface area contributed by atoms with Crippen molar-refractivity contribution in [2.75, 3.05) is 33.3 Å². The number of carbonyl (C=O) groups excluding carboxylic acids is 1. The van der Waals surface area contributed by atoms with Gasteiger partial charge in [0.25, 0.3) is 0 Å². The number of rotatable bonds is 5. The van der Waals surface area contributed by atoms with E-state index >= 15 is 0 Å². The molecule has 5 heteroatoms. The van der Waals surface area contributed by atoms with E-state index in [0.717, 1.165) is 30.8 Å². The summed E-state index contributed by atoms with van der Waals surface area (Å²) in [5.74, 6) is 0.0299.